The number of hydrogen-bond acceptors (Lipinski definition) is 3. The fourth-order valence-corrected chi connectivity index (χ4v) is 2.18. The Kier molecular flexibility index (Phi) is 5.49. The first kappa shape index (κ1) is 13.2. The number of likely N-dealkylation sites (tertiary alicyclic amines) is 1. The van der Waals surface area contributed by atoms with E-state index in [-0.39, 0.29) is 5.91 Å². The van der Waals surface area contributed by atoms with Gasteiger partial charge in [0.2, 0.25) is 5.91 Å². The molecule has 16 heavy (non-hydrogen) atoms. The zero-order valence-corrected chi connectivity index (χ0v) is 10.1. The van der Waals surface area contributed by atoms with E-state index < -0.39 is 6.04 Å². The fraction of sp³-hybridized carbons (Fsp3) is 0.750. The van der Waals surface area contributed by atoms with Gasteiger partial charge >= 0.3 is 0 Å². The molecule has 1 fully saturated rings. The van der Waals surface area contributed by atoms with E-state index in [0.29, 0.717) is 12.5 Å². The smallest absolute Gasteiger partial charge is 0.237 e. The number of likely N-dealkylation sites (N-methyl/N-ethyl adjacent to an activating group) is 1. The van der Waals surface area contributed by atoms with Gasteiger partial charge in [-0.05, 0) is 32.4 Å². The van der Waals surface area contributed by atoms with E-state index in [2.05, 4.69) is 23.7 Å². The summed E-state index contributed by atoms with van der Waals surface area (Å²) in [5, 5.41) is 2.92. The van der Waals surface area contributed by atoms with Gasteiger partial charge in [0.05, 0.1) is 6.04 Å². The number of carbonyl (C=O) groups excluding carboxylic acids is 1. The molecule has 3 N–H and O–H groups in total. The van der Waals surface area contributed by atoms with E-state index in [1.807, 2.05) is 0 Å². The van der Waals surface area contributed by atoms with Gasteiger partial charge in [-0.1, -0.05) is 13.0 Å². The third kappa shape index (κ3) is 3.61. The Balaban J connectivity index is 2.28. The monoisotopic (exact) mass is 225 g/mol. The van der Waals surface area contributed by atoms with Crippen LogP contribution in [0.1, 0.15) is 26.2 Å². The van der Waals surface area contributed by atoms with Gasteiger partial charge in [-0.25, -0.2) is 0 Å². The third-order valence-corrected chi connectivity index (χ3v) is 3.17. The van der Waals surface area contributed by atoms with Crippen molar-refractivity contribution in [2.45, 2.75) is 38.3 Å². The second-order valence-corrected chi connectivity index (χ2v) is 4.30. The average Bonchev–Trinajstić information content (AvgIpc) is 2.73. The Hall–Kier alpha value is -0.870. The zero-order chi connectivity index (χ0) is 12.0. The van der Waals surface area contributed by atoms with Crippen LogP contribution in [0.3, 0.4) is 0 Å². The van der Waals surface area contributed by atoms with Gasteiger partial charge in [-0.15, -0.1) is 6.58 Å². The fourth-order valence-electron chi connectivity index (χ4n) is 2.18. The summed E-state index contributed by atoms with van der Waals surface area (Å²) in [4.78, 5) is 14.0. The van der Waals surface area contributed by atoms with Crippen molar-refractivity contribution in [3.63, 3.8) is 0 Å². The van der Waals surface area contributed by atoms with Crippen LogP contribution in [-0.4, -0.2) is 42.5 Å². The Morgan fingerprint density at radius 3 is 3.12 bits per heavy atom. The van der Waals surface area contributed by atoms with Crippen LogP contribution in [0.2, 0.25) is 0 Å². The lowest BCUT2D eigenvalue weighted by molar-refractivity contribution is -0.122. The molecule has 1 saturated heterocycles. The minimum Gasteiger partial charge on any atom is -0.353 e. The van der Waals surface area contributed by atoms with Crippen molar-refractivity contribution >= 4 is 5.91 Å². The molecule has 0 aliphatic carbocycles. The Bertz CT molecular complexity index is 242. The van der Waals surface area contributed by atoms with E-state index in [4.69, 9.17) is 5.73 Å². The highest BCUT2D eigenvalue weighted by molar-refractivity contribution is 5.81. The molecule has 0 aromatic carbocycles. The van der Waals surface area contributed by atoms with Gasteiger partial charge in [0.1, 0.15) is 0 Å². The minimum atomic E-state index is -0.450. The summed E-state index contributed by atoms with van der Waals surface area (Å²) in [6.45, 7) is 8.66. The predicted molar refractivity (Wildman–Crippen MR) is 66.1 cm³/mol. The first-order valence-electron chi connectivity index (χ1n) is 6.07. The molecule has 0 aromatic rings. The van der Waals surface area contributed by atoms with Crippen molar-refractivity contribution in [2.75, 3.05) is 19.6 Å². The molecule has 1 amide bonds. The van der Waals surface area contributed by atoms with Crippen LogP contribution in [0.25, 0.3) is 0 Å². The molecule has 0 spiro atoms. The lowest BCUT2D eigenvalue weighted by Crippen LogP contribution is -2.46. The van der Waals surface area contributed by atoms with E-state index in [9.17, 15) is 4.79 Å². The minimum absolute atomic E-state index is 0.0668. The standard InChI is InChI=1S/C12H23N3O/c1-3-6-11(13)12(16)14-9-10-7-5-8-15(10)4-2/h3,10-11H,1,4-9,13H2,2H3,(H,14,16). The molecule has 1 heterocycles. The third-order valence-electron chi connectivity index (χ3n) is 3.17. The summed E-state index contributed by atoms with van der Waals surface area (Å²) in [6, 6.07) is 0.0406. The molecule has 4 nitrogen and oxygen atoms in total. The SMILES string of the molecule is C=CCC(N)C(=O)NCC1CCCN1CC. The maximum Gasteiger partial charge on any atom is 0.237 e. The van der Waals surface area contributed by atoms with Crippen molar-refractivity contribution in [3.05, 3.63) is 12.7 Å². The van der Waals surface area contributed by atoms with Gasteiger partial charge in [-0.3, -0.25) is 9.69 Å². The van der Waals surface area contributed by atoms with E-state index >= 15 is 0 Å². The topological polar surface area (TPSA) is 58.4 Å². The normalized spacial score (nSPS) is 23.0. The number of hydrogen-bond donors (Lipinski definition) is 2. The molecule has 2 unspecified atom stereocenters. The van der Waals surface area contributed by atoms with Crippen LogP contribution in [0, 0.1) is 0 Å². The average molecular weight is 225 g/mol. The van der Waals surface area contributed by atoms with Crippen LogP contribution in [0.15, 0.2) is 12.7 Å². The predicted octanol–water partition coefficient (Wildman–Crippen LogP) is 0.490. The molecule has 0 aromatic heterocycles. The van der Waals surface area contributed by atoms with Crippen molar-refractivity contribution in [1.82, 2.24) is 10.2 Å². The number of carbonyl (C=O) groups is 1. The summed E-state index contributed by atoms with van der Waals surface area (Å²) in [6.07, 6.45) is 4.62. The molecule has 1 rings (SSSR count). The second kappa shape index (κ2) is 6.66. The van der Waals surface area contributed by atoms with E-state index in [0.717, 1.165) is 19.6 Å². The van der Waals surface area contributed by atoms with Crippen molar-refractivity contribution in [2.24, 2.45) is 5.73 Å². The van der Waals surface area contributed by atoms with E-state index in [1.165, 1.54) is 12.8 Å². The Labute approximate surface area is 97.9 Å². The number of amides is 1. The molecular formula is C12H23N3O. The Morgan fingerprint density at radius 1 is 1.75 bits per heavy atom. The van der Waals surface area contributed by atoms with Gasteiger partial charge in [0.25, 0.3) is 0 Å². The summed E-state index contributed by atoms with van der Waals surface area (Å²) in [7, 11) is 0. The molecule has 2 atom stereocenters. The number of nitrogens with zero attached hydrogens (tertiary/aromatic N) is 1. The van der Waals surface area contributed by atoms with Gasteiger partial charge in [0.15, 0.2) is 0 Å². The quantitative estimate of drug-likeness (QED) is 0.647. The largest absolute Gasteiger partial charge is 0.353 e. The molecule has 1 aliphatic rings. The summed E-state index contributed by atoms with van der Waals surface area (Å²) in [5.41, 5.74) is 5.68. The van der Waals surface area contributed by atoms with Crippen LogP contribution in [-0.2, 0) is 4.79 Å². The summed E-state index contributed by atoms with van der Waals surface area (Å²) < 4.78 is 0. The van der Waals surface area contributed by atoms with Gasteiger partial charge in [0, 0.05) is 12.6 Å². The van der Waals surface area contributed by atoms with Gasteiger partial charge in [-0.2, -0.15) is 0 Å². The summed E-state index contributed by atoms with van der Waals surface area (Å²) >= 11 is 0. The van der Waals surface area contributed by atoms with Crippen molar-refractivity contribution in [3.8, 4) is 0 Å². The number of nitrogens with one attached hydrogen (secondary N) is 1. The first-order chi connectivity index (χ1) is 7.69. The molecule has 0 radical (unpaired) electrons. The van der Waals surface area contributed by atoms with Crippen molar-refractivity contribution in [1.29, 1.82) is 0 Å². The van der Waals surface area contributed by atoms with Crippen LogP contribution in [0.4, 0.5) is 0 Å². The highest BCUT2D eigenvalue weighted by atomic mass is 16.2. The molecule has 92 valence electrons. The molecule has 4 heteroatoms. The Morgan fingerprint density at radius 2 is 2.50 bits per heavy atom. The highest BCUT2D eigenvalue weighted by Gasteiger charge is 2.23. The van der Waals surface area contributed by atoms with Crippen molar-refractivity contribution < 1.29 is 4.79 Å². The second-order valence-electron chi connectivity index (χ2n) is 4.30. The molecule has 1 aliphatic heterocycles. The summed E-state index contributed by atoms with van der Waals surface area (Å²) in [5.74, 6) is -0.0668. The van der Waals surface area contributed by atoms with Gasteiger partial charge < -0.3 is 11.1 Å². The molecule has 0 bridgehead atoms. The molecular weight excluding hydrogens is 202 g/mol. The first-order valence-corrected chi connectivity index (χ1v) is 6.07. The maximum atomic E-state index is 11.6. The zero-order valence-electron chi connectivity index (χ0n) is 10.1. The number of rotatable bonds is 6. The highest BCUT2D eigenvalue weighted by Crippen LogP contribution is 2.15. The lowest BCUT2D eigenvalue weighted by Gasteiger charge is -2.23. The van der Waals surface area contributed by atoms with E-state index in [1.54, 1.807) is 6.08 Å². The molecule has 0 saturated carbocycles. The van der Waals surface area contributed by atoms with Crippen LogP contribution < -0.4 is 11.1 Å². The van der Waals surface area contributed by atoms with Crippen LogP contribution in [0.5, 0.6) is 0 Å². The maximum absolute atomic E-state index is 11.6. The lowest BCUT2D eigenvalue weighted by atomic mass is 10.2. The number of nitrogens with two attached hydrogens (primary N) is 1. The van der Waals surface area contributed by atoms with Crippen LogP contribution >= 0.6 is 0 Å².